The van der Waals surface area contributed by atoms with Gasteiger partial charge in [-0.2, -0.15) is 0 Å². The first-order chi connectivity index (χ1) is 27.3. The minimum atomic E-state index is 1.11. The van der Waals surface area contributed by atoms with Gasteiger partial charge in [0.25, 0.3) is 0 Å². The van der Waals surface area contributed by atoms with Gasteiger partial charge >= 0.3 is 0 Å². The average molecular weight is 736 g/mol. The number of hydrogen-bond acceptors (Lipinski definition) is 3. The van der Waals surface area contributed by atoms with Crippen LogP contribution in [0.3, 0.4) is 0 Å². The number of hydrogen-bond donors (Lipinski definition) is 0. The SMILES string of the molecule is c1cc(-c2ccccc2-c2ccc3ccccc3c2)cc(N(c2ccccc2-c2cccc3sc4ccccc4c23)c2cccc3sc4ccccc4c23)c1. The molecule has 2 aromatic heterocycles. The highest BCUT2D eigenvalue weighted by Crippen LogP contribution is 2.50. The summed E-state index contributed by atoms with van der Waals surface area (Å²) < 4.78 is 5.19. The smallest absolute Gasteiger partial charge is 0.0555 e. The summed E-state index contributed by atoms with van der Waals surface area (Å²) in [5.74, 6) is 0. The molecule has 0 amide bonds. The summed E-state index contributed by atoms with van der Waals surface area (Å²) in [4.78, 5) is 2.51. The minimum absolute atomic E-state index is 1.11. The average Bonchev–Trinajstić information content (AvgIpc) is 3.83. The summed E-state index contributed by atoms with van der Waals surface area (Å²) in [6.07, 6.45) is 0. The Hall–Kier alpha value is -6.52. The van der Waals surface area contributed by atoms with E-state index in [-0.39, 0.29) is 0 Å². The van der Waals surface area contributed by atoms with Crippen LogP contribution < -0.4 is 4.90 Å². The fraction of sp³-hybridized carbons (Fsp3) is 0. The molecule has 11 rings (SSSR count). The second-order valence-electron chi connectivity index (χ2n) is 14.0. The molecule has 0 saturated heterocycles. The fourth-order valence-corrected chi connectivity index (χ4v) is 10.7. The van der Waals surface area contributed by atoms with Gasteiger partial charge in [-0.3, -0.25) is 0 Å². The maximum absolute atomic E-state index is 2.51. The Balaban J connectivity index is 1.16. The van der Waals surface area contributed by atoms with Gasteiger partial charge in [-0.05, 0) is 93.2 Å². The lowest BCUT2D eigenvalue weighted by Gasteiger charge is -2.29. The number of rotatable bonds is 6. The van der Waals surface area contributed by atoms with Crippen LogP contribution in [0.1, 0.15) is 0 Å². The Morgan fingerprint density at radius 3 is 1.62 bits per heavy atom. The van der Waals surface area contributed by atoms with Crippen molar-refractivity contribution in [2.75, 3.05) is 4.90 Å². The molecule has 0 aliphatic rings. The van der Waals surface area contributed by atoms with Gasteiger partial charge in [0.2, 0.25) is 0 Å². The van der Waals surface area contributed by atoms with Crippen molar-refractivity contribution in [3.8, 4) is 33.4 Å². The summed E-state index contributed by atoms with van der Waals surface area (Å²) in [5, 5.41) is 7.67. The highest BCUT2D eigenvalue weighted by atomic mass is 32.1. The van der Waals surface area contributed by atoms with Crippen LogP contribution in [0.15, 0.2) is 200 Å². The Morgan fingerprint density at radius 2 is 0.836 bits per heavy atom. The van der Waals surface area contributed by atoms with Gasteiger partial charge in [0.1, 0.15) is 0 Å². The van der Waals surface area contributed by atoms with Gasteiger partial charge < -0.3 is 4.90 Å². The van der Waals surface area contributed by atoms with Gasteiger partial charge in [-0.25, -0.2) is 0 Å². The Kier molecular flexibility index (Phi) is 7.61. The first-order valence-corrected chi connectivity index (χ1v) is 20.3. The molecule has 11 aromatic rings. The lowest BCUT2D eigenvalue weighted by Crippen LogP contribution is -2.11. The van der Waals surface area contributed by atoms with Crippen molar-refractivity contribution in [3.05, 3.63) is 200 Å². The molecule has 55 heavy (non-hydrogen) atoms. The normalized spacial score (nSPS) is 11.6. The summed E-state index contributed by atoms with van der Waals surface area (Å²) in [6, 6.07) is 73.5. The summed E-state index contributed by atoms with van der Waals surface area (Å²) in [6.45, 7) is 0. The first kappa shape index (κ1) is 32.0. The quantitative estimate of drug-likeness (QED) is 0.164. The van der Waals surface area contributed by atoms with Crippen molar-refractivity contribution in [2.45, 2.75) is 0 Å². The van der Waals surface area contributed by atoms with Crippen LogP contribution in [-0.2, 0) is 0 Å². The highest BCUT2D eigenvalue weighted by Gasteiger charge is 2.23. The zero-order valence-electron chi connectivity index (χ0n) is 29.8. The third-order valence-corrected chi connectivity index (χ3v) is 13.1. The van der Waals surface area contributed by atoms with E-state index in [1.165, 1.54) is 90.2 Å². The van der Waals surface area contributed by atoms with Gasteiger partial charge in [-0.1, -0.05) is 146 Å². The van der Waals surface area contributed by atoms with E-state index in [2.05, 4.69) is 205 Å². The van der Waals surface area contributed by atoms with E-state index in [1.54, 1.807) is 0 Å². The molecule has 3 heteroatoms. The molecule has 0 aliphatic heterocycles. The molecule has 0 fully saturated rings. The summed E-state index contributed by atoms with van der Waals surface area (Å²) in [5.41, 5.74) is 10.7. The maximum Gasteiger partial charge on any atom is 0.0555 e. The van der Waals surface area contributed by atoms with Crippen molar-refractivity contribution >= 4 is 90.9 Å². The van der Waals surface area contributed by atoms with Crippen molar-refractivity contribution in [1.29, 1.82) is 0 Å². The topological polar surface area (TPSA) is 3.24 Å². The number of anilines is 3. The maximum atomic E-state index is 2.51. The van der Waals surface area contributed by atoms with E-state index in [0.717, 1.165) is 11.4 Å². The van der Waals surface area contributed by atoms with Crippen molar-refractivity contribution in [1.82, 2.24) is 0 Å². The number of nitrogens with zero attached hydrogens (tertiary/aromatic N) is 1. The third-order valence-electron chi connectivity index (χ3n) is 10.9. The number of para-hydroxylation sites is 1. The molecule has 0 spiro atoms. The van der Waals surface area contributed by atoms with E-state index in [4.69, 9.17) is 0 Å². The lowest BCUT2D eigenvalue weighted by molar-refractivity contribution is 1.30. The van der Waals surface area contributed by atoms with Gasteiger partial charge in [0.15, 0.2) is 0 Å². The van der Waals surface area contributed by atoms with E-state index in [1.807, 2.05) is 22.7 Å². The predicted octanol–water partition coefficient (Wildman–Crippen LogP) is 16.0. The third kappa shape index (κ3) is 5.35. The van der Waals surface area contributed by atoms with Crippen molar-refractivity contribution < 1.29 is 0 Å². The fourth-order valence-electron chi connectivity index (χ4n) is 8.40. The monoisotopic (exact) mass is 735 g/mol. The van der Waals surface area contributed by atoms with Gasteiger partial charge in [-0.15, -0.1) is 22.7 Å². The van der Waals surface area contributed by atoms with Crippen LogP contribution in [0.25, 0.3) is 84.5 Å². The highest BCUT2D eigenvalue weighted by molar-refractivity contribution is 7.26. The largest absolute Gasteiger partial charge is 0.309 e. The first-order valence-electron chi connectivity index (χ1n) is 18.7. The Morgan fingerprint density at radius 1 is 0.309 bits per heavy atom. The molecule has 0 N–H and O–H groups in total. The van der Waals surface area contributed by atoms with Crippen LogP contribution in [-0.4, -0.2) is 0 Å². The number of benzene rings is 9. The zero-order valence-corrected chi connectivity index (χ0v) is 31.4. The minimum Gasteiger partial charge on any atom is -0.309 e. The van der Waals surface area contributed by atoms with E-state index in [0.29, 0.717) is 0 Å². The van der Waals surface area contributed by atoms with Gasteiger partial charge in [0.05, 0.1) is 11.4 Å². The number of fused-ring (bicyclic) bond motifs is 7. The molecule has 0 atom stereocenters. The van der Waals surface area contributed by atoms with Crippen LogP contribution in [0, 0.1) is 0 Å². The van der Waals surface area contributed by atoms with E-state index in [9.17, 15) is 0 Å². The lowest BCUT2D eigenvalue weighted by atomic mass is 9.92. The van der Waals surface area contributed by atoms with Crippen molar-refractivity contribution in [2.24, 2.45) is 0 Å². The van der Waals surface area contributed by atoms with Crippen LogP contribution in [0.4, 0.5) is 17.1 Å². The molecule has 258 valence electrons. The Labute approximate surface area is 327 Å². The number of thiophene rings is 2. The van der Waals surface area contributed by atoms with Gasteiger partial charge in [0, 0.05) is 51.6 Å². The predicted molar refractivity (Wildman–Crippen MR) is 241 cm³/mol. The van der Waals surface area contributed by atoms with Crippen LogP contribution >= 0.6 is 22.7 Å². The van der Waals surface area contributed by atoms with E-state index >= 15 is 0 Å². The van der Waals surface area contributed by atoms with E-state index < -0.39 is 0 Å². The molecule has 0 unspecified atom stereocenters. The molecule has 1 nitrogen and oxygen atoms in total. The molecular formula is C52H33NS2. The zero-order chi connectivity index (χ0) is 36.3. The van der Waals surface area contributed by atoms with Crippen LogP contribution in [0.5, 0.6) is 0 Å². The summed E-state index contributed by atoms with van der Waals surface area (Å²) >= 11 is 3.73. The molecule has 0 radical (unpaired) electrons. The second-order valence-corrected chi connectivity index (χ2v) is 16.2. The molecule has 9 aromatic carbocycles. The summed E-state index contributed by atoms with van der Waals surface area (Å²) in [7, 11) is 0. The van der Waals surface area contributed by atoms with Crippen molar-refractivity contribution in [3.63, 3.8) is 0 Å². The van der Waals surface area contributed by atoms with Crippen LogP contribution in [0.2, 0.25) is 0 Å². The molecule has 0 aliphatic carbocycles. The standard InChI is InChI=1S/C52H33NS2/c1-2-15-35-32-37(31-30-34(35)14-1)40-19-4-3-18-39(40)36-16-11-17-38(33-36)53(46-25-13-29-50-52(46)44-22-7-10-27-48(44)55-50)45-24-8-5-20-41(45)42-23-12-28-49-51(42)43-21-6-9-26-47(43)54-49/h1-33H. The molecule has 0 saturated carbocycles. The molecule has 2 heterocycles. The molecule has 0 bridgehead atoms. The Bertz CT molecular complexity index is 3240. The second kappa shape index (κ2) is 13.1. The molecular weight excluding hydrogens is 703 g/mol.